The van der Waals surface area contributed by atoms with E-state index >= 15 is 0 Å². The molecule has 2 N–H and O–H groups in total. The van der Waals surface area contributed by atoms with Crippen molar-refractivity contribution in [2.24, 2.45) is 0 Å². The molecule has 5 nitrogen and oxygen atoms in total. The quantitative estimate of drug-likeness (QED) is 0.848. The first kappa shape index (κ1) is 18.6. The van der Waals surface area contributed by atoms with Gasteiger partial charge in [0.25, 0.3) is 0 Å². The molecule has 0 aliphatic carbocycles. The Kier molecular flexibility index (Phi) is 6.25. The molecule has 0 fully saturated rings. The van der Waals surface area contributed by atoms with Crippen molar-refractivity contribution >= 4 is 23.2 Å². The maximum atomic E-state index is 12.8. The lowest BCUT2D eigenvalue weighted by Crippen LogP contribution is -2.36. The number of rotatable bonds is 6. The van der Waals surface area contributed by atoms with Crippen LogP contribution in [0.3, 0.4) is 0 Å². The Balaban J connectivity index is 1.82. The van der Waals surface area contributed by atoms with E-state index in [2.05, 4.69) is 10.6 Å². The number of hydrogen-bond donors (Lipinski definition) is 2. The van der Waals surface area contributed by atoms with Gasteiger partial charge in [0.15, 0.2) is 0 Å². The van der Waals surface area contributed by atoms with Gasteiger partial charge in [0.1, 0.15) is 5.82 Å². The third-order valence-electron chi connectivity index (χ3n) is 3.46. The molecule has 0 saturated carbocycles. The summed E-state index contributed by atoms with van der Waals surface area (Å²) in [6.45, 7) is 4.07. The molecule has 0 radical (unpaired) electrons. The number of nitrogens with zero attached hydrogens (tertiary/aromatic N) is 1. The van der Waals surface area contributed by atoms with Crippen LogP contribution in [0.1, 0.15) is 11.1 Å². The summed E-state index contributed by atoms with van der Waals surface area (Å²) < 4.78 is 12.8. The predicted octanol–water partition coefficient (Wildman–Crippen LogP) is 2.95. The minimum atomic E-state index is -0.363. The third kappa shape index (κ3) is 6.35. The number of likely N-dealkylation sites (N-methyl/N-ethyl adjacent to an activating group) is 1. The number of nitrogens with one attached hydrogen (secondary N) is 2. The number of anilines is 2. The molecule has 0 bridgehead atoms. The first-order valence-corrected chi connectivity index (χ1v) is 7.94. The molecule has 6 heteroatoms. The smallest absolute Gasteiger partial charge is 0.238 e. The molecule has 2 amide bonds. The number of amides is 2. The second-order valence-corrected chi connectivity index (χ2v) is 6.15. The highest BCUT2D eigenvalue weighted by molar-refractivity contribution is 5.94. The van der Waals surface area contributed by atoms with Crippen LogP contribution in [0.5, 0.6) is 0 Å². The van der Waals surface area contributed by atoms with E-state index in [-0.39, 0.29) is 30.7 Å². The molecule has 0 aliphatic heterocycles. The van der Waals surface area contributed by atoms with Crippen LogP contribution in [0.25, 0.3) is 0 Å². The molecule has 0 heterocycles. The lowest BCUT2D eigenvalue weighted by molar-refractivity contribution is -0.119. The molecule has 25 heavy (non-hydrogen) atoms. The van der Waals surface area contributed by atoms with Gasteiger partial charge in [-0.1, -0.05) is 6.07 Å². The lowest BCUT2D eigenvalue weighted by Gasteiger charge is -2.16. The van der Waals surface area contributed by atoms with Gasteiger partial charge in [-0.2, -0.15) is 0 Å². The third-order valence-corrected chi connectivity index (χ3v) is 3.46. The van der Waals surface area contributed by atoms with Crippen LogP contribution >= 0.6 is 0 Å². The number of benzene rings is 2. The molecule has 0 aliphatic rings. The van der Waals surface area contributed by atoms with Crippen LogP contribution in [0.15, 0.2) is 42.5 Å². The van der Waals surface area contributed by atoms with Gasteiger partial charge >= 0.3 is 0 Å². The van der Waals surface area contributed by atoms with Crippen molar-refractivity contribution in [1.82, 2.24) is 4.90 Å². The Morgan fingerprint density at radius 3 is 1.88 bits per heavy atom. The van der Waals surface area contributed by atoms with Gasteiger partial charge in [0, 0.05) is 11.4 Å². The molecule has 0 aromatic heterocycles. The van der Waals surface area contributed by atoms with Gasteiger partial charge in [-0.3, -0.25) is 14.5 Å². The number of hydrogen-bond acceptors (Lipinski definition) is 3. The van der Waals surface area contributed by atoms with Gasteiger partial charge in [0.05, 0.1) is 13.1 Å². The van der Waals surface area contributed by atoms with Crippen LogP contribution in [0, 0.1) is 19.7 Å². The normalized spacial score (nSPS) is 10.6. The lowest BCUT2D eigenvalue weighted by atomic mass is 10.1. The summed E-state index contributed by atoms with van der Waals surface area (Å²) in [6, 6.07) is 11.3. The molecular weight excluding hydrogens is 321 g/mol. The van der Waals surface area contributed by atoms with Crippen molar-refractivity contribution < 1.29 is 14.0 Å². The number of carbonyl (C=O) groups excluding carboxylic acids is 2. The van der Waals surface area contributed by atoms with Crippen LogP contribution in [-0.2, 0) is 9.59 Å². The van der Waals surface area contributed by atoms with E-state index in [1.54, 1.807) is 11.9 Å². The van der Waals surface area contributed by atoms with Gasteiger partial charge < -0.3 is 10.6 Å². The Labute approximate surface area is 146 Å². The molecule has 0 atom stereocenters. The van der Waals surface area contributed by atoms with Crippen LogP contribution in [0.4, 0.5) is 15.8 Å². The van der Waals surface area contributed by atoms with Gasteiger partial charge in [-0.15, -0.1) is 0 Å². The van der Waals surface area contributed by atoms with E-state index in [0.29, 0.717) is 5.69 Å². The molecule has 132 valence electrons. The molecule has 0 spiro atoms. The summed E-state index contributed by atoms with van der Waals surface area (Å²) in [7, 11) is 1.69. The molecule has 2 aromatic rings. The van der Waals surface area contributed by atoms with E-state index in [4.69, 9.17) is 0 Å². The van der Waals surface area contributed by atoms with E-state index in [1.165, 1.54) is 24.3 Å². The van der Waals surface area contributed by atoms with E-state index in [1.807, 2.05) is 32.0 Å². The van der Waals surface area contributed by atoms with Gasteiger partial charge in [-0.25, -0.2) is 4.39 Å². The fourth-order valence-corrected chi connectivity index (χ4v) is 2.53. The predicted molar refractivity (Wildman–Crippen MR) is 97.1 cm³/mol. The second kappa shape index (κ2) is 8.39. The second-order valence-electron chi connectivity index (χ2n) is 6.15. The van der Waals surface area contributed by atoms with E-state index in [9.17, 15) is 14.0 Å². The number of aryl methyl sites for hydroxylation is 2. The summed E-state index contributed by atoms with van der Waals surface area (Å²) in [5.74, 6) is -0.825. The highest BCUT2D eigenvalue weighted by Crippen LogP contribution is 2.13. The average Bonchev–Trinajstić information content (AvgIpc) is 2.47. The summed E-state index contributed by atoms with van der Waals surface area (Å²) >= 11 is 0. The monoisotopic (exact) mass is 343 g/mol. The van der Waals surface area contributed by atoms with Crippen LogP contribution in [0.2, 0.25) is 0 Å². The Morgan fingerprint density at radius 2 is 1.36 bits per heavy atom. The van der Waals surface area contributed by atoms with E-state index < -0.39 is 0 Å². The largest absolute Gasteiger partial charge is 0.325 e. The van der Waals surface area contributed by atoms with Gasteiger partial charge in [-0.05, 0) is 68.4 Å². The van der Waals surface area contributed by atoms with Crippen molar-refractivity contribution in [2.45, 2.75) is 13.8 Å². The number of halogens is 1. The van der Waals surface area contributed by atoms with Crippen molar-refractivity contribution in [3.05, 3.63) is 59.4 Å². The SMILES string of the molecule is Cc1cc(C)cc(NC(=O)CN(C)CC(=O)Nc2ccc(F)cc2)c1. The standard InChI is InChI=1S/C19H22FN3O2/c1-13-8-14(2)10-17(9-13)22-19(25)12-23(3)11-18(24)21-16-6-4-15(20)5-7-16/h4-10H,11-12H2,1-3H3,(H,21,24)(H,22,25). The molecule has 2 aromatic carbocycles. The number of carbonyl (C=O) groups is 2. The Morgan fingerprint density at radius 1 is 0.880 bits per heavy atom. The minimum Gasteiger partial charge on any atom is -0.325 e. The Hall–Kier alpha value is -2.73. The topological polar surface area (TPSA) is 61.4 Å². The summed E-state index contributed by atoms with van der Waals surface area (Å²) in [6.07, 6.45) is 0. The van der Waals surface area contributed by atoms with Crippen LogP contribution < -0.4 is 10.6 Å². The van der Waals surface area contributed by atoms with Crippen molar-refractivity contribution in [3.8, 4) is 0 Å². The maximum Gasteiger partial charge on any atom is 0.238 e. The summed E-state index contributed by atoms with van der Waals surface area (Å²) in [5, 5.41) is 5.49. The zero-order valence-electron chi connectivity index (χ0n) is 14.6. The fraction of sp³-hybridized carbons (Fsp3) is 0.263. The molecule has 2 rings (SSSR count). The molecular formula is C19H22FN3O2. The van der Waals surface area contributed by atoms with Crippen molar-refractivity contribution in [1.29, 1.82) is 0 Å². The Bertz CT molecular complexity index is 740. The molecule has 0 unspecified atom stereocenters. The summed E-state index contributed by atoms with van der Waals surface area (Å²) in [4.78, 5) is 25.7. The van der Waals surface area contributed by atoms with Crippen molar-refractivity contribution in [3.63, 3.8) is 0 Å². The summed E-state index contributed by atoms with van der Waals surface area (Å²) in [5.41, 5.74) is 3.40. The van der Waals surface area contributed by atoms with Crippen LogP contribution in [-0.4, -0.2) is 36.9 Å². The highest BCUT2D eigenvalue weighted by atomic mass is 19.1. The first-order valence-electron chi connectivity index (χ1n) is 7.94. The van der Waals surface area contributed by atoms with Gasteiger partial charge in [0.2, 0.25) is 11.8 Å². The van der Waals surface area contributed by atoms with Crippen molar-refractivity contribution in [2.75, 3.05) is 30.8 Å². The highest BCUT2D eigenvalue weighted by Gasteiger charge is 2.11. The minimum absolute atomic E-state index is 0.0532. The average molecular weight is 343 g/mol. The zero-order chi connectivity index (χ0) is 18.4. The molecule has 0 saturated heterocycles. The maximum absolute atomic E-state index is 12.8. The van der Waals surface area contributed by atoms with E-state index in [0.717, 1.165) is 16.8 Å². The fourth-order valence-electron chi connectivity index (χ4n) is 2.53. The first-order chi connectivity index (χ1) is 11.8. The zero-order valence-corrected chi connectivity index (χ0v) is 14.6.